The van der Waals surface area contributed by atoms with Crippen LogP contribution in [0.3, 0.4) is 0 Å². The second kappa shape index (κ2) is 6.32. The molecule has 0 bridgehead atoms. The Morgan fingerprint density at radius 2 is 1.62 bits per heavy atom. The number of carboxylic acids is 1. The Balaban J connectivity index is 1.40. The van der Waals surface area contributed by atoms with Crippen LogP contribution >= 0.6 is 0 Å². The lowest BCUT2D eigenvalue weighted by Gasteiger charge is -2.35. The summed E-state index contributed by atoms with van der Waals surface area (Å²) in [6.45, 7) is 2.94. The molecule has 21 heavy (non-hydrogen) atoms. The minimum Gasteiger partial charge on any atom is -0.481 e. The highest BCUT2D eigenvalue weighted by atomic mass is 16.5. The molecule has 0 aromatic heterocycles. The third-order valence-corrected chi connectivity index (χ3v) is 4.73. The molecule has 2 saturated heterocycles. The Morgan fingerprint density at radius 1 is 1.00 bits per heavy atom. The van der Waals surface area contributed by atoms with E-state index in [1.54, 1.807) is 0 Å². The Labute approximate surface area is 124 Å². The predicted octanol–water partition coefficient (Wildman–Crippen LogP) is 0.894. The topological polar surface area (TPSA) is 76.1 Å². The van der Waals surface area contributed by atoms with Gasteiger partial charge in [-0.05, 0) is 32.1 Å². The van der Waals surface area contributed by atoms with E-state index in [4.69, 9.17) is 14.6 Å². The van der Waals surface area contributed by atoms with Gasteiger partial charge in [0.05, 0.1) is 24.0 Å². The monoisotopic (exact) mass is 297 g/mol. The number of amides is 1. The Morgan fingerprint density at radius 3 is 2.19 bits per heavy atom. The van der Waals surface area contributed by atoms with Gasteiger partial charge in [0.25, 0.3) is 0 Å². The molecule has 0 aromatic rings. The van der Waals surface area contributed by atoms with Crippen molar-refractivity contribution in [2.75, 3.05) is 26.3 Å². The fourth-order valence-corrected chi connectivity index (χ4v) is 3.27. The lowest BCUT2D eigenvalue weighted by atomic mass is 10.1. The SMILES string of the molecule is O=C(O)[C@@H]1C[C@H]1C(=O)N1CCC(OC2CCOCC2)CC1. The van der Waals surface area contributed by atoms with E-state index in [2.05, 4.69) is 0 Å². The second-order valence-corrected chi connectivity index (χ2v) is 6.26. The van der Waals surface area contributed by atoms with Crippen molar-refractivity contribution in [3.63, 3.8) is 0 Å². The van der Waals surface area contributed by atoms with Crippen molar-refractivity contribution < 1.29 is 24.2 Å². The molecule has 3 fully saturated rings. The van der Waals surface area contributed by atoms with Crippen LogP contribution < -0.4 is 0 Å². The number of carbonyl (C=O) groups is 2. The van der Waals surface area contributed by atoms with Gasteiger partial charge in [0.2, 0.25) is 5.91 Å². The number of rotatable bonds is 4. The minimum atomic E-state index is -0.842. The number of aliphatic carboxylic acids is 1. The highest BCUT2D eigenvalue weighted by Crippen LogP contribution is 2.40. The Bertz CT molecular complexity index is 399. The molecule has 0 radical (unpaired) electrons. The molecule has 2 aliphatic heterocycles. The van der Waals surface area contributed by atoms with Crippen LogP contribution in [0.2, 0.25) is 0 Å². The van der Waals surface area contributed by atoms with Crippen molar-refractivity contribution >= 4 is 11.9 Å². The van der Waals surface area contributed by atoms with Crippen LogP contribution in [0.15, 0.2) is 0 Å². The average Bonchev–Trinajstić information content (AvgIpc) is 3.29. The van der Waals surface area contributed by atoms with Gasteiger partial charge < -0.3 is 19.5 Å². The summed E-state index contributed by atoms with van der Waals surface area (Å²) in [6.07, 6.45) is 4.66. The van der Waals surface area contributed by atoms with Gasteiger partial charge in [-0.15, -0.1) is 0 Å². The van der Waals surface area contributed by atoms with Crippen molar-refractivity contribution in [3.8, 4) is 0 Å². The number of nitrogens with zero attached hydrogens (tertiary/aromatic N) is 1. The van der Waals surface area contributed by atoms with Crippen molar-refractivity contribution in [2.45, 2.75) is 44.3 Å². The van der Waals surface area contributed by atoms with E-state index in [1.807, 2.05) is 4.90 Å². The predicted molar refractivity (Wildman–Crippen MR) is 73.8 cm³/mol. The number of piperidine rings is 1. The van der Waals surface area contributed by atoms with E-state index in [1.165, 1.54) is 0 Å². The van der Waals surface area contributed by atoms with E-state index in [0.717, 1.165) is 38.9 Å². The lowest BCUT2D eigenvalue weighted by Crippen LogP contribution is -2.43. The maximum absolute atomic E-state index is 12.2. The number of carbonyl (C=O) groups excluding carboxylic acids is 1. The molecular weight excluding hydrogens is 274 g/mol. The number of ether oxygens (including phenoxy) is 2. The molecule has 6 nitrogen and oxygen atoms in total. The highest BCUT2D eigenvalue weighted by molar-refractivity contribution is 5.89. The number of hydrogen-bond donors (Lipinski definition) is 1. The van der Waals surface area contributed by atoms with E-state index in [0.29, 0.717) is 25.6 Å². The second-order valence-electron chi connectivity index (χ2n) is 6.26. The maximum atomic E-state index is 12.2. The standard InChI is InChI=1S/C15H23NO5/c17-14(12-9-13(12)15(18)19)16-5-1-10(2-6-16)21-11-3-7-20-8-4-11/h10-13H,1-9H2,(H,18,19)/t12-,13-/m1/s1. The van der Waals surface area contributed by atoms with Gasteiger partial charge >= 0.3 is 5.97 Å². The van der Waals surface area contributed by atoms with Crippen molar-refractivity contribution in [1.29, 1.82) is 0 Å². The van der Waals surface area contributed by atoms with Crippen LogP contribution in [0.4, 0.5) is 0 Å². The Kier molecular flexibility index (Phi) is 4.45. The molecule has 2 atom stereocenters. The maximum Gasteiger partial charge on any atom is 0.307 e. The van der Waals surface area contributed by atoms with Crippen LogP contribution in [-0.4, -0.2) is 60.4 Å². The molecule has 0 spiro atoms. The van der Waals surface area contributed by atoms with Gasteiger partial charge in [0, 0.05) is 26.3 Å². The first-order valence-electron chi connectivity index (χ1n) is 7.90. The summed E-state index contributed by atoms with van der Waals surface area (Å²) in [7, 11) is 0. The van der Waals surface area contributed by atoms with Crippen LogP contribution in [0.25, 0.3) is 0 Å². The van der Waals surface area contributed by atoms with Crippen molar-refractivity contribution in [3.05, 3.63) is 0 Å². The Hall–Kier alpha value is -1.14. The van der Waals surface area contributed by atoms with Crippen LogP contribution in [0.1, 0.15) is 32.1 Å². The largest absolute Gasteiger partial charge is 0.481 e. The van der Waals surface area contributed by atoms with Crippen LogP contribution in [0.5, 0.6) is 0 Å². The summed E-state index contributed by atoms with van der Waals surface area (Å²) in [5, 5.41) is 8.89. The minimum absolute atomic E-state index is 0.0203. The molecule has 118 valence electrons. The molecule has 1 amide bonds. The van der Waals surface area contributed by atoms with Gasteiger partial charge in [0.1, 0.15) is 0 Å². The van der Waals surface area contributed by atoms with E-state index in [9.17, 15) is 9.59 Å². The summed E-state index contributed by atoms with van der Waals surface area (Å²) in [6, 6.07) is 0. The fourth-order valence-electron chi connectivity index (χ4n) is 3.27. The third-order valence-electron chi connectivity index (χ3n) is 4.73. The van der Waals surface area contributed by atoms with Gasteiger partial charge in [-0.3, -0.25) is 9.59 Å². The number of carboxylic acid groups (broad SMARTS) is 1. The molecule has 0 unspecified atom stereocenters. The summed E-state index contributed by atoms with van der Waals surface area (Å²) in [4.78, 5) is 24.8. The summed E-state index contributed by atoms with van der Waals surface area (Å²) >= 11 is 0. The first kappa shape index (κ1) is 14.8. The average molecular weight is 297 g/mol. The highest BCUT2D eigenvalue weighted by Gasteiger charge is 2.50. The van der Waals surface area contributed by atoms with Crippen LogP contribution in [0, 0.1) is 11.8 Å². The van der Waals surface area contributed by atoms with E-state index < -0.39 is 11.9 Å². The van der Waals surface area contributed by atoms with Gasteiger partial charge in [-0.25, -0.2) is 0 Å². The zero-order valence-electron chi connectivity index (χ0n) is 12.2. The molecular formula is C15H23NO5. The zero-order valence-corrected chi connectivity index (χ0v) is 12.2. The van der Waals surface area contributed by atoms with Crippen molar-refractivity contribution in [2.24, 2.45) is 11.8 Å². The van der Waals surface area contributed by atoms with Gasteiger partial charge in [0.15, 0.2) is 0 Å². The molecule has 6 heteroatoms. The summed E-state index contributed by atoms with van der Waals surface area (Å²) in [5.41, 5.74) is 0. The fraction of sp³-hybridized carbons (Fsp3) is 0.867. The smallest absolute Gasteiger partial charge is 0.307 e. The molecule has 1 aliphatic carbocycles. The first-order chi connectivity index (χ1) is 10.1. The first-order valence-corrected chi connectivity index (χ1v) is 7.90. The number of hydrogen-bond acceptors (Lipinski definition) is 4. The summed E-state index contributed by atoms with van der Waals surface area (Å²) < 4.78 is 11.4. The molecule has 3 rings (SSSR count). The van der Waals surface area contributed by atoms with E-state index in [-0.39, 0.29) is 17.9 Å². The molecule has 3 aliphatic rings. The number of likely N-dealkylation sites (tertiary alicyclic amines) is 1. The molecule has 2 heterocycles. The lowest BCUT2D eigenvalue weighted by molar-refractivity contribution is -0.143. The molecule has 1 N–H and O–H groups in total. The quantitative estimate of drug-likeness (QED) is 0.834. The van der Waals surface area contributed by atoms with Gasteiger partial charge in [-0.1, -0.05) is 0 Å². The summed E-state index contributed by atoms with van der Waals surface area (Å²) in [5.74, 6) is -1.55. The van der Waals surface area contributed by atoms with Gasteiger partial charge in [-0.2, -0.15) is 0 Å². The molecule has 0 aromatic carbocycles. The third kappa shape index (κ3) is 3.55. The molecule has 1 saturated carbocycles. The zero-order chi connectivity index (χ0) is 14.8. The van der Waals surface area contributed by atoms with Crippen molar-refractivity contribution in [1.82, 2.24) is 4.90 Å². The normalized spacial score (nSPS) is 31.1. The van der Waals surface area contributed by atoms with Crippen LogP contribution in [-0.2, 0) is 19.1 Å². The van der Waals surface area contributed by atoms with E-state index >= 15 is 0 Å².